The Bertz CT molecular complexity index is 1040. The summed E-state index contributed by atoms with van der Waals surface area (Å²) in [5, 5.41) is 5.90. The van der Waals surface area contributed by atoms with Gasteiger partial charge in [-0.1, -0.05) is 45.0 Å². The summed E-state index contributed by atoms with van der Waals surface area (Å²) in [6.07, 6.45) is 3.53. The van der Waals surface area contributed by atoms with Crippen molar-refractivity contribution in [3.05, 3.63) is 59.7 Å². The van der Waals surface area contributed by atoms with Crippen LogP contribution in [0.4, 0.5) is 11.4 Å². The lowest BCUT2D eigenvalue weighted by Gasteiger charge is -2.32. The molecule has 1 heterocycles. The summed E-state index contributed by atoms with van der Waals surface area (Å²) in [5.41, 5.74) is 2.86. The molecule has 2 aliphatic rings. The van der Waals surface area contributed by atoms with Crippen LogP contribution in [0.1, 0.15) is 62.4 Å². The highest BCUT2D eigenvalue weighted by Crippen LogP contribution is 2.33. The number of benzene rings is 2. The lowest BCUT2D eigenvalue weighted by atomic mass is 9.87. The number of hydrogen-bond donors (Lipinski definition) is 2. The third-order valence-electron chi connectivity index (χ3n) is 6.48. The van der Waals surface area contributed by atoms with E-state index in [9.17, 15) is 14.4 Å². The van der Waals surface area contributed by atoms with Crippen LogP contribution in [0.25, 0.3) is 0 Å². The monoisotopic (exact) mass is 447 g/mol. The van der Waals surface area contributed by atoms with E-state index in [1.54, 1.807) is 12.1 Å². The third kappa shape index (κ3) is 5.62. The molecule has 174 valence electrons. The van der Waals surface area contributed by atoms with E-state index in [0.717, 1.165) is 37.8 Å². The van der Waals surface area contributed by atoms with Crippen LogP contribution in [-0.4, -0.2) is 35.7 Å². The van der Waals surface area contributed by atoms with Crippen LogP contribution in [0.15, 0.2) is 48.5 Å². The van der Waals surface area contributed by atoms with Gasteiger partial charge in [0.05, 0.1) is 17.3 Å². The van der Waals surface area contributed by atoms with Crippen molar-refractivity contribution in [2.75, 3.05) is 23.7 Å². The largest absolute Gasteiger partial charge is 0.342 e. The zero-order valence-electron chi connectivity index (χ0n) is 19.7. The summed E-state index contributed by atoms with van der Waals surface area (Å²) in [6, 6.07) is 14.8. The van der Waals surface area contributed by atoms with Crippen molar-refractivity contribution in [2.45, 2.75) is 51.9 Å². The molecule has 4 rings (SSSR count). The maximum absolute atomic E-state index is 13.0. The lowest BCUT2D eigenvalue weighted by molar-refractivity contribution is -0.135. The van der Waals surface area contributed by atoms with Gasteiger partial charge < -0.3 is 15.5 Å². The molecule has 2 aromatic rings. The number of carbonyl (C=O) groups is 3. The van der Waals surface area contributed by atoms with E-state index >= 15 is 0 Å². The van der Waals surface area contributed by atoms with Gasteiger partial charge in [-0.05, 0) is 60.9 Å². The Morgan fingerprint density at radius 1 is 0.848 bits per heavy atom. The lowest BCUT2D eigenvalue weighted by Crippen LogP contribution is -2.44. The van der Waals surface area contributed by atoms with Gasteiger partial charge in [0.1, 0.15) is 0 Å². The van der Waals surface area contributed by atoms with Gasteiger partial charge in [-0.25, -0.2) is 0 Å². The first kappa shape index (κ1) is 23.0. The second kappa shape index (κ2) is 9.38. The maximum Gasteiger partial charge on any atom is 0.255 e. The van der Waals surface area contributed by atoms with Crippen molar-refractivity contribution < 1.29 is 14.4 Å². The summed E-state index contributed by atoms with van der Waals surface area (Å²) in [6.45, 7) is 7.60. The summed E-state index contributed by atoms with van der Waals surface area (Å²) in [4.78, 5) is 40.1. The van der Waals surface area contributed by atoms with Crippen LogP contribution in [0.2, 0.25) is 0 Å². The highest BCUT2D eigenvalue weighted by atomic mass is 16.2. The molecular formula is C27H33N3O3. The molecule has 1 atom stereocenters. The van der Waals surface area contributed by atoms with Crippen molar-refractivity contribution in [3.8, 4) is 0 Å². The number of likely N-dealkylation sites (tertiary alicyclic amines) is 1. The number of amides is 3. The Kier molecular flexibility index (Phi) is 6.54. The Morgan fingerprint density at radius 2 is 1.48 bits per heavy atom. The Balaban J connectivity index is 1.41. The fourth-order valence-electron chi connectivity index (χ4n) is 4.23. The number of nitrogens with zero attached hydrogens (tertiary/aromatic N) is 1. The SMILES string of the molecule is CC(C)(C)c1ccc(C(=O)Nc2ccccc2NC(=O)C2CCCN(C(=O)C3CC3)C2)cc1. The van der Waals surface area contributed by atoms with E-state index in [0.29, 0.717) is 23.5 Å². The first-order valence-corrected chi connectivity index (χ1v) is 11.8. The molecular weight excluding hydrogens is 414 g/mol. The molecule has 1 aliphatic carbocycles. The molecule has 6 nitrogen and oxygen atoms in total. The van der Waals surface area contributed by atoms with Crippen LogP contribution in [-0.2, 0) is 15.0 Å². The van der Waals surface area contributed by atoms with Gasteiger partial charge in [-0.3, -0.25) is 14.4 Å². The van der Waals surface area contributed by atoms with Gasteiger partial charge in [0, 0.05) is 24.6 Å². The number of nitrogens with one attached hydrogen (secondary N) is 2. The average Bonchev–Trinajstić information content (AvgIpc) is 3.65. The minimum Gasteiger partial charge on any atom is -0.342 e. The smallest absolute Gasteiger partial charge is 0.255 e. The molecule has 0 radical (unpaired) electrons. The Hall–Kier alpha value is -3.15. The number of para-hydroxylation sites is 2. The van der Waals surface area contributed by atoms with E-state index in [-0.39, 0.29) is 35.0 Å². The van der Waals surface area contributed by atoms with E-state index in [2.05, 4.69) is 31.4 Å². The fourth-order valence-corrected chi connectivity index (χ4v) is 4.23. The summed E-state index contributed by atoms with van der Waals surface area (Å²) in [5.74, 6) is -0.219. The number of anilines is 2. The van der Waals surface area contributed by atoms with Crippen molar-refractivity contribution >= 4 is 29.1 Å². The number of rotatable bonds is 5. The topological polar surface area (TPSA) is 78.5 Å². The zero-order chi connectivity index (χ0) is 23.6. The van der Waals surface area contributed by atoms with Crippen LogP contribution >= 0.6 is 0 Å². The second-order valence-corrected chi connectivity index (χ2v) is 10.2. The second-order valence-electron chi connectivity index (χ2n) is 10.2. The normalized spacial score (nSPS) is 18.5. The number of hydrogen-bond acceptors (Lipinski definition) is 3. The van der Waals surface area contributed by atoms with Gasteiger partial charge in [0.2, 0.25) is 11.8 Å². The van der Waals surface area contributed by atoms with Gasteiger partial charge in [0.15, 0.2) is 0 Å². The molecule has 33 heavy (non-hydrogen) atoms. The molecule has 1 saturated heterocycles. The van der Waals surface area contributed by atoms with Gasteiger partial charge >= 0.3 is 0 Å². The molecule has 1 unspecified atom stereocenters. The first-order chi connectivity index (χ1) is 15.7. The molecule has 6 heteroatoms. The predicted octanol–water partition coefficient (Wildman–Crippen LogP) is 4.82. The van der Waals surface area contributed by atoms with Gasteiger partial charge in [-0.2, -0.15) is 0 Å². The molecule has 2 N–H and O–H groups in total. The standard InChI is InChI=1S/C27H33N3O3/c1-27(2,3)21-14-12-18(13-15-21)24(31)28-22-8-4-5-9-23(22)29-25(32)20-7-6-16-30(17-20)26(33)19-10-11-19/h4-5,8-9,12-15,19-20H,6-7,10-11,16-17H2,1-3H3,(H,28,31)(H,29,32). The minimum atomic E-state index is -0.241. The van der Waals surface area contributed by atoms with Crippen molar-refractivity contribution in [3.63, 3.8) is 0 Å². The van der Waals surface area contributed by atoms with E-state index < -0.39 is 0 Å². The van der Waals surface area contributed by atoms with Gasteiger partial charge in [0.25, 0.3) is 5.91 Å². The third-order valence-corrected chi connectivity index (χ3v) is 6.48. The molecule has 2 fully saturated rings. The van der Waals surface area contributed by atoms with Crippen molar-refractivity contribution in [1.29, 1.82) is 0 Å². The van der Waals surface area contributed by atoms with E-state index in [4.69, 9.17) is 0 Å². The maximum atomic E-state index is 13.0. The number of carbonyl (C=O) groups excluding carboxylic acids is 3. The van der Waals surface area contributed by atoms with E-state index in [1.165, 1.54) is 0 Å². The summed E-state index contributed by atoms with van der Waals surface area (Å²) >= 11 is 0. The van der Waals surface area contributed by atoms with Crippen molar-refractivity contribution in [1.82, 2.24) is 4.90 Å². The predicted molar refractivity (Wildman–Crippen MR) is 130 cm³/mol. The summed E-state index contributed by atoms with van der Waals surface area (Å²) in [7, 11) is 0. The minimum absolute atomic E-state index is 0.0177. The van der Waals surface area contributed by atoms with E-state index in [1.807, 2.05) is 41.3 Å². The number of piperidine rings is 1. The van der Waals surface area contributed by atoms with Crippen LogP contribution in [0.3, 0.4) is 0 Å². The molecule has 0 bridgehead atoms. The summed E-state index contributed by atoms with van der Waals surface area (Å²) < 4.78 is 0. The molecule has 1 aliphatic heterocycles. The molecule has 1 saturated carbocycles. The van der Waals surface area contributed by atoms with Crippen LogP contribution < -0.4 is 10.6 Å². The highest BCUT2D eigenvalue weighted by Gasteiger charge is 2.36. The molecule has 0 spiro atoms. The Morgan fingerprint density at radius 3 is 2.09 bits per heavy atom. The van der Waals surface area contributed by atoms with Gasteiger partial charge in [-0.15, -0.1) is 0 Å². The Labute approximate surface area is 195 Å². The molecule has 2 aromatic carbocycles. The molecule has 0 aromatic heterocycles. The highest BCUT2D eigenvalue weighted by molar-refractivity contribution is 6.07. The quantitative estimate of drug-likeness (QED) is 0.690. The zero-order valence-corrected chi connectivity index (χ0v) is 19.7. The van der Waals surface area contributed by atoms with Crippen molar-refractivity contribution in [2.24, 2.45) is 11.8 Å². The van der Waals surface area contributed by atoms with Crippen LogP contribution in [0.5, 0.6) is 0 Å². The molecule has 3 amide bonds. The average molecular weight is 448 g/mol. The van der Waals surface area contributed by atoms with Crippen LogP contribution in [0, 0.1) is 11.8 Å². The first-order valence-electron chi connectivity index (χ1n) is 11.8. The fraction of sp³-hybridized carbons (Fsp3) is 0.444.